The Balaban J connectivity index is 2.02. The van der Waals surface area contributed by atoms with Crippen molar-refractivity contribution in [2.75, 3.05) is 17.6 Å². The van der Waals surface area contributed by atoms with E-state index >= 15 is 0 Å². The minimum atomic E-state index is -0.533. The van der Waals surface area contributed by atoms with Gasteiger partial charge < -0.3 is 10.6 Å². The highest BCUT2D eigenvalue weighted by Crippen LogP contribution is 2.31. The summed E-state index contributed by atoms with van der Waals surface area (Å²) in [7, 11) is 0. The van der Waals surface area contributed by atoms with Crippen molar-refractivity contribution < 1.29 is 14.5 Å². The summed E-state index contributed by atoms with van der Waals surface area (Å²) < 4.78 is 0. The van der Waals surface area contributed by atoms with E-state index in [1.165, 1.54) is 17.8 Å². The van der Waals surface area contributed by atoms with Crippen LogP contribution in [-0.4, -0.2) is 29.0 Å². The molecule has 7 nitrogen and oxygen atoms in total. The molecular weight excluding hydrogens is 414 g/mol. The molecule has 0 atom stereocenters. The number of benzene rings is 2. The van der Waals surface area contributed by atoms with Gasteiger partial charge in [-0.15, -0.1) is 11.8 Å². The van der Waals surface area contributed by atoms with Crippen LogP contribution in [0.2, 0.25) is 0 Å². The summed E-state index contributed by atoms with van der Waals surface area (Å²) in [6, 6.07) is 8.35. The lowest BCUT2D eigenvalue weighted by atomic mass is 10.1. The van der Waals surface area contributed by atoms with Gasteiger partial charge in [0.15, 0.2) is 0 Å². The van der Waals surface area contributed by atoms with Crippen molar-refractivity contribution >= 4 is 35.0 Å². The van der Waals surface area contributed by atoms with E-state index in [0.717, 1.165) is 34.6 Å². The fourth-order valence-electron chi connectivity index (χ4n) is 3.15. The van der Waals surface area contributed by atoms with Crippen molar-refractivity contribution in [2.24, 2.45) is 5.92 Å². The zero-order valence-corrected chi connectivity index (χ0v) is 19.4. The second kappa shape index (κ2) is 10.9. The van der Waals surface area contributed by atoms with Gasteiger partial charge in [0, 0.05) is 17.3 Å². The zero-order chi connectivity index (χ0) is 23.1. The van der Waals surface area contributed by atoms with Crippen LogP contribution in [0.3, 0.4) is 0 Å². The van der Waals surface area contributed by atoms with Crippen molar-refractivity contribution in [3.63, 3.8) is 0 Å². The van der Waals surface area contributed by atoms with Gasteiger partial charge in [0.05, 0.1) is 16.4 Å². The number of amides is 2. The molecule has 0 unspecified atom stereocenters. The first-order valence-corrected chi connectivity index (χ1v) is 11.1. The minimum absolute atomic E-state index is 0.100. The van der Waals surface area contributed by atoms with Crippen LogP contribution in [0.25, 0.3) is 0 Å². The monoisotopic (exact) mass is 443 g/mol. The fraction of sp³-hybridized carbons (Fsp3) is 0.391. The Morgan fingerprint density at radius 3 is 2.32 bits per heavy atom. The summed E-state index contributed by atoms with van der Waals surface area (Å²) in [5.74, 6) is 0.380. The SMILES string of the molecule is Cc1cc(C)c(NC(=O)CNC(=O)c2ccc(SCCC(C)C)c([N+](=O)[O-])c2)c(C)c1. The highest BCUT2D eigenvalue weighted by molar-refractivity contribution is 7.99. The number of anilines is 1. The van der Waals surface area contributed by atoms with E-state index in [4.69, 9.17) is 0 Å². The number of nitro groups is 1. The smallest absolute Gasteiger partial charge is 0.283 e. The minimum Gasteiger partial charge on any atom is -0.343 e. The largest absolute Gasteiger partial charge is 0.343 e. The Bertz CT molecular complexity index is 966. The van der Waals surface area contributed by atoms with E-state index in [-0.39, 0.29) is 23.7 Å². The van der Waals surface area contributed by atoms with Gasteiger partial charge in [0.25, 0.3) is 11.6 Å². The number of nitrogens with zero attached hydrogens (tertiary/aromatic N) is 1. The molecule has 2 rings (SSSR count). The lowest BCUT2D eigenvalue weighted by Crippen LogP contribution is -2.33. The Hall–Kier alpha value is -2.87. The van der Waals surface area contributed by atoms with Gasteiger partial charge in [-0.25, -0.2) is 0 Å². The second-order valence-electron chi connectivity index (χ2n) is 7.98. The molecule has 2 aromatic carbocycles. The molecule has 0 saturated heterocycles. The molecule has 0 aliphatic rings. The van der Waals surface area contributed by atoms with E-state index in [1.54, 1.807) is 12.1 Å². The zero-order valence-electron chi connectivity index (χ0n) is 18.6. The number of nitro benzene ring substituents is 1. The molecule has 0 aliphatic heterocycles. The summed E-state index contributed by atoms with van der Waals surface area (Å²) in [5.41, 5.74) is 3.76. The summed E-state index contributed by atoms with van der Waals surface area (Å²) in [6.45, 7) is 9.77. The molecule has 0 saturated carbocycles. The van der Waals surface area contributed by atoms with E-state index in [0.29, 0.717) is 10.8 Å². The molecule has 0 aliphatic carbocycles. The maximum atomic E-state index is 12.4. The van der Waals surface area contributed by atoms with Gasteiger partial charge in [0.1, 0.15) is 0 Å². The Kier molecular flexibility index (Phi) is 8.62. The van der Waals surface area contributed by atoms with Crippen LogP contribution in [0.5, 0.6) is 0 Å². The molecule has 0 aromatic heterocycles. The molecule has 0 radical (unpaired) electrons. The molecule has 2 aromatic rings. The predicted octanol–water partition coefficient (Wildman–Crippen LogP) is 5.03. The summed E-state index contributed by atoms with van der Waals surface area (Å²) in [5, 5.41) is 16.8. The van der Waals surface area contributed by atoms with Gasteiger partial charge in [0.2, 0.25) is 5.91 Å². The number of carbonyl (C=O) groups is 2. The van der Waals surface area contributed by atoms with Crippen molar-refractivity contribution in [1.29, 1.82) is 0 Å². The first-order valence-electron chi connectivity index (χ1n) is 10.2. The molecule has 8 heteroatoms. The van der Waals surface area contributed by atoms with Gasteiger partial charge >= 0.3 is 0 Å². The molecule has 31 heavy (non-hydrogen) atoms. The number of thioether (sulfide) groups is 1. The van der Waals surface area contributed by atoms with Crippen LogP contribution in [0.1, 0.15) is 47.3 Å². The Labute approximate surface area is 187 Å². The van der Waals surface area contributed by atoms with Gasteiger partial charge in [-0.05, 0) is 62.1 Å². The van der Waals surface area contributed by atoms with Gasteiger partial charge in [-0.3, -0.25) is 19.7 Å². The maximum absolute atomic E-state index is 12.4. The Morgan fingerprint density at radius 2 is 1.74 bits per heavy atom. The number of nitrogens with one attached hydrogen (secondary N) is 2. The van der Waals surface area contributed by atoms with Crippen LogP contribution >= 0.6 is 11.8 Å². The molecular formula is C23H29N3O4S. The average Bonchev–Trinajstić information content (AvgIpc) is 2.68. The molecule has 0 spiro atoms. The number of hydrogen-bond donors (Lipinski definition) is 2. The molecule has 166 valence electrons. The number of rotatable bonds is 9. The maximum Gasteiger partial charge on any atom is 0.283 e. The molecule has 0 bridgehead atoms. The standard InChI is InChI=1S/C23H29N3O4S/c1-14(2)8-9-31-20-7-6-18(12-19(20)26(29)30)23(28)24-13-21(27)25-22-16(4)10-15(3)11-17(22)5/h6-7,10-12,14H,8-9,13H2,1-5H3,(H,24,28)(H,25,27). The number of hydrogen-bond acceptors (Lipinski definition) is 5. The van der Waals surface area contributed by atoms with Crippen molar-refractivity contribution in [3.05, 3.63) is 62.7 Å². The van der Waals surface area contributed by atoms with E-state index in [2.05, 4.69) is 24.5 Å². The van der Waals surface area contributed by atoms with Crippen LogP contribution in [-0.2, 0) is 4.79 Å². The van der Waals surface area contributed by atoms with Crippen LogP contribution in [0.15, 0.2) is 35.2 Å². The molecule has 2 amide bonds. The topological polar surface area (TPSA) is 101 Å². The van der Waals surface area contributed by atoms with Crippen molar-refractivity contribution in [3.8, 4) is 0 Å². The van der Waals surface area contributed by atoms with E-state index in [9.17, 15) is 19.7 Å². The first-order chi connectivity index (χ1) is 14.6. The molecule has 0 heterocycles. The van der Waals surface area contributed by atoms with Crippen molar-refractivity contribution in [2.45, 2.75) is 45.9 Å². The highest BCUT2D eigenvalue weighted by Gasteiger charge is 2.19. The van der Waals surface area contributed by atoms with Crippen molar-refractivity contribution in [1.82, 2.24) is 5.32 Å². The summed E-state index contributed by atoms with van der Waals surface area (Å²) in [6.07, 6.45) is 0.944. The average molecular weight is 444 g/mol. The Morgan fingerprint density at radius 1 is 1.10 bits per heavy atom. The van der Waals surface area contributed by atoms with E-state index < -0.39 is 10.8 Å². The normalized spacial score (nSPS) is 10.8. The highest BCUT2D eigenvalue weighted by atomic mass is 32.2. The lowest BCUT2D eigenvalue weighted by Gasteiger charge is -2.13. The number of aryl methyl sites for hydroxylation is 3. The molecule has 0 fully saturated rings. The van der Waals surface area contributed by atoms with Crippen LogP contribution in [0.4, 0.5) is 11.4 Å². The van der Waals surface area contributed by atoms with Gasteiger partial charge in [-0.1, -0.05) is 31.5 Å². The predicted molar refractivity (Wildman–Crippen MR) is 125 cm³/mol. The van der Waals surface area contributed by atoms with E-state index in [1.807, 2.05) is 32.9 Å². The van der Waals surface area contributed by atoms with Gasteiger partial charge in [-0.2, -0.15) is 0 Å². The summed E-state index contributed by atoms with van der Waals surface area (Å²) >= 11 is 1.41. The molecule has 2 N–H and O–H groups in total. The second-order valence-corrected chi connectivity index (χ2v) is 9.11. The van der Waals surface area contributed by atoms with Crippen LogP contribution in [0, 0.1) is 36.8 Å². The third-order valence-electron chi connectivity index (χ3n) is 4.72. The number of carbonyl (C=O) groups excluding carboxylic acids is 2. The first kappa shape index (κ1) is 24.4. The quantitative estimate of drug-likeness (QED) is 0.322. The third kappa shape index (κ3) is 7.10. The van der Waals surface area contributed by atoms with Crippen LogP contribution < -0.4 is 10.6 Å². The third-order valence-corrected chi connectivity index (χ3v) is 5.82. The fourth-order valence-corrected chi connectivity index (χ4v) is 4.41. The lowest BCUT2D eigenvalue weighted by molar-refractivity contribution is -0.387. The summed E-state index contributed by atoms with van der Waals surface area (Å²) in [4.78, 5) is 36.2.